The molecule has 0 radical (unpaired) electrons. The van der Waals surface area contributed by atoms with Crippen molar-refractivity contribution in [2.24, 2.45) is 0 Å². The van der Waals surface area contributed by atoms with E-state index in [9.17, 15) is 14.3 Å². The number of carbonyl (C=O) groups excluding carboxylic acids is 1. The molecule has 1 saturated heterocycles. The Hall–Kier alpha value is -2.54. The molecule has 4 rings (SSSR count). The third-order valence-corrected chi connectivity index (χ3v) is 6.07. The summed E-state index contributed by atoms with van der Waals surface area (Å²) >= 11 is 0. The SMILES string of the molecule is C=C[C@H](CO)O[C@@H]1CC[C@H](C(=O)N2CCc3ccccc3[C@@H]2c2ccc(F)cc2)OC1. The largest absolute Gasteiger partial charge is 0.393 e. The van der Waals surface area contributed by atoms with Gasteiger partial charge in [0.15, 0.2) is 0 Å². The predicted molar refractivity (Wildman–Crippen MR) is 115 cm³/mol. The van der Waals surface area contributed by atoms with E-state index in [-0.39, 0.29) is 30.5 Å². The van der Waals surface area contributed by atoms with Crippen molar-refractivity contribution in [2.45, 2.75) is 43.6 Å². The highest BCUT2D eigenvalue weighted by Crippen LogP contribution is 2.36. The van der Waals surface area contributed by atoms with E-state index in [1.807, 2.05) is 23.1 Å². The summed E-state index contributed by atoms with van der Waals surface area (Å²) < 4.78 is 25.2. The molecule has 0 saturated carbocycles. The van der Waals surface area contributed by atoms with E-state index in [2.05, 4.69) is 12.6 Å². The van der Waals surface area contributed by atoms with Crippen LogP contribution in [-0.4, -0.2) is 54.0 Å². The van der Waals surface area contributed by atoms with Gasteiger partial charge in [0.1, 0.15) is 11.9 Å². The van der Waals surface area contributed by atoms with E-state index in [1.54, 1.807) is 18.2 Å². The lowest BCUT2D eigenvalue weighted by Gasteiger charge is -2.40. The summed E-state index contributed by atoms with van der Waals surface area (Å²) in [5.41, 5.74) is 3.16. The maximum absolute atomic E-state index is 13.5. The molecule has 1 N–H and O–H groups in total. The zero-order valence-electron chi connectivity index (χ0n) is 17.5. The number of aliphatic hydroxyl groups excluding tert-OH is 1. The van der Waals surface area contributed by atoms with Gasteiger partial charge in [0.05, 0.1) is 31.5 Å². The van der Waals surface area contributed by atoms with Crippen molar-refractivity contribution in [3.63, 3.8) is 0 Å². The normalized spacial score (nSPS) is 24.3. The number of ether oxygens (including phenoxy) is 2. The van der Waals surface area contributed by atoms with Gasteiger partial charge in [-0.3, -0.25) is 4.79 Å². The van der Waals surface area contributed by atoms with Crippen molar-refractivity contribution in [3.8, 4) is 0 Å². The van der Waals surface area contributed by atoms with Crippen molar-refractivity contribution in [3.05, 3.63) is 83.7 Å². The van der Waals surface area contributed by atoms with Crippen molar-refractivity contribution in [1.82, 2.24) is 4.90 Å². The smallest absolute Gasteiger partial charge is 0.252 e. The third kappa shape index (κ3) is 4.71. The zero-order valence-corrected chi connectivity index (χ0v) is 17.5. The Kier molecular flexibility index (Phi) is 6.80. The van der Waals surface area contributed by atoms with Gasteiger partial charge < -0.3 is 19.5 Å². The quantitative estimate of drug-likeness (QED) is 0.721. The Labute approximate surface area is 182 Å². The van der Waals surface area contributed by atoms with Gasteiger partial charge in [0, 0.05) is 6.54 Å². The Morgan fingerprint density at radius 2 is 2.03 bits per heavy atom. The van der Waals surface area contributed by atoms with Crippen LogP contribution in [0.3, 0.4) is 0 Å². The van der Waals surface area contributed by atoms with Crippen LogP contribution in [0.25, 0.3) is 0 Å². The molecular weight excluding hydrogens is 397 g/mol. The summed E-state index contributed by atoms with van der Waals surface area (Å²) in [4.78, 5) is 15.3. The van der Waals surface area contributed by atoms with Crippen molar-refractivity contribution in [1.29, 1.82) is 0 Å². The average molecular weight is 426 g/mol. The number of carbonyl (C=O) groups is 1. The van der Waals surface area contributed by atoms with Crippen LogP contribution in [0.4, 0.5) is 4.39 Å². The first-order valence-electron chi connectivity index (χ1n) is 10.7. The lowest BCUT2D eigenvalue weighted by Crippen LogP contribution is -2.48. The second-order valence-corrected chi connectivity index (χ2v) is 8.05. The van der Waals surface area contributed by atoms with Crippen LogP contribution in [0.5, 0.6) is 0 Å². The Bertz CT molecular complexity index is 908. The fraction of sp³-hybridized carbons (Fsp3) is 0.400. The summed E-state index contributed by atoms with van der Waals surface area (Å²) in [6, 6.07) is 14.2. The van der Waals surface area contributed by atoms with Gasteiger partial charge in [-0.15, -0.1) is 6.58 Å². The predicted octanol–water partition coefficient (Wildman–Crippen LogP) is 3.41. The van der Waals surface area contributed by atoms with E-state index in [4.69, 9.17) is 9.47 Å². The molecule has 164 valence electrons. The number of benzene rings is 2. The number of fused-ring (bicyclic) bond motifs is 1. The van der Waals surface area contributed by atoms with Crippen LogP contribution in [0.1, 0.15) is 35.6 Å². The number of nitrogens with zero attached hydrogens (tertiary/aromatic N) is 1. The third-order valence-electron chi connectivity index (χ3n) is 6.07. The first-order chi connectivity index (χ1) is 15.1. The fourth-order valence-corrected chi connectivity index (χ4v) is 4.44. The van der Waals surface area contributed by atoms with Gasteiger partial charge in [-0.05, 0) is 48.1 Å². The number of amides is 1. The Morgan fingerprint density at radius 1 is 1.26 bits per heavy atom. The molecule has 2 aliphatic heterocycles. The van der Waals surface area contributed by atoms with Gasteiger partial charge in [0.2, 0.25) is 0 Å². The highest BCUT2D eigenvalue weighted by Gasteiger charge is 2.37. The van der Waals surface area contributed by atoms with Crippen LogP contribution in [-0.2, 0) is 20.7 Å². The minimum atomic E-state index is -0.538. The number of halogens is 1. The molecule has 2 heterocycles. The topological polar surface area (TPSA) is 59.0 Å². The van der Waals surface area contributed by atoms with Gasteiger partial charge in [-0.1, -0.05) is 42.5 Å². The van der Waals surface area contributed by atoms with Gasteiger partial charge >= 0.3 is 0 Å². The summed E-state index contributed by atoms with van der Waals surface area (Å²) in [6.07, 6.45) is 2.42. The van der Waals surface area contributed by atoms with E-state index in [1.165, 1.54) is 17.7 Å². The second-order valence-electron chi connectivity index (χ2n) is 8.05. The zero-order chi connectivity index (χ0) is 21.8. The minimum Gasteiger partial charge on any atom is -0.393 e. The van der Waals surface area contributed by atoms with E-state index in [0.717, 1.165) is 17.5 Å². The second kappa shape index (κ2) is 9.73. The average Bonchev–Trinajstić information content (AvgIpc) is 2.82. The summed E-state index contributed by atoms with van der Waals surface area (Å²) in [5, 5.41) is 9.28. The highest BCUT2D eigenvalue weighted by molar-refractivity contribution is 5.82. The molecular formula is C25H28FNO4. The molecule has 0 unspecified atom stereocenters. The summed E-state index contributed by atoms with van der Waals surface area (Å²) in [5.74, 6) is -0.349. The molecule has 31 heavy (non-hydrogen) atoms. The first-order valence-corrected chi connectivity index (χ1v) is 10.7. The van der Waals surface area contributed by atoms with Crippen LogP contribution in [0.2, 0.25) is 0 Å². The van der Waals surface area contributed by atoms with Crippen LogP contribution in [0, 0.1) is 5.82 Å². The maximum atomic E-state index is 13.5. The van der Waals surface area contributed by atoms with Crippen LogP contribution < -0.4 is 0 Å². The lowest BCUT2D eigenvalue weighted by atomic mass is 9.87. The van der Waals surface area contributed by atoms with Crippen molar-refractivity contribution < 1.29 is 23.8 Å². The Balaban J connectivity index is 1.52. The highest BCUT2D eigenvalue weighted by atomic mass is 19.1. The number of aliphatic hydroxyl groups is 1. The molecule has 0 aromatic heterocycles. The molecule has 0 spiro atoms. The maximum Gasteiger partial charge on any atom is 0.252 e. The molecule has 6 heteroatoms. The number of hydrogen-bond donors (Lipinski definition) is 1. The van der Waals surface area contributed by atoms with Crippen molar-refractivity contribution >= 4 is 5.91 Å². The molecule has 2 aromatic rings. The van der Waals surface area contributed by atoms with Gasteiger partial charge in [-0.25, -0.2) is 4.39 Å². The van der Waals surface area contributed by atoms with Crippen molar-refractivity contribution in [2.75, 3.05) is 19.8 Å². The molecule has 1 fully saturated rings. The Morgan fingerprint density at radius 3 is 2.71 bits per heavy atom. The standard InChI is InChI=1S/C25H28FNO4/c1-2-20(15-28)31-21-11-12-23(30-16-21)25(29)27-14-13-17-5-3-4-6-22(17)24(27)18-7-9-19(26)10-8-18/h2-10,20-21,23-24,28H,1,11-16H2/t20-,21-,23-,24+/m1/s1. The van der Waals surface area contributed by atoms with E-state index < -0.39 is 12.2 Å². The monoisotopic (exact) mass is 425 g/mol. The first kappa shape index (κ1) is 21.7. The summed E-state index contributed by atoms with van der Waals surface area (Å²) in [7, 11) is 0. The van der Waals surface area contributed by atoms with Crippen LogP contribution >= 0.6 is 0 Å². The molecule has 4 atom stereocenters. The number of rotatable bonds is 6. The number of hydrogen-bond acceptors (Lipinski definition) is 4. The summed E-state index contributed by atoms with van der Waals surface area (Å²) in [6.45, 7) is 4.40. The molecule has 2 aromatic carbocycles. The van der Waals surface area contributed by atoms with E-state index in [0.29, 0.717) is 26.0 Å². The molecule has 1 amide bonds. The molecule has 0 aliphatic carbocycles. The molecule has 0 bridgehead atoms. The van der Waals surface area contributed by atoms with E-state index >= 15 is 0 Å². The molecule has 5 nitrogen and oxygen atoms in total. The minimum absolute atomic E-state index is 0.0512. The lowest BCUT2D eigenvalue weighted by molar-refractivity contribution is -0.158. The van der Waals surface area contributed by atoms with Crippen LogP contribution in [0.15, 0.2) is 61.2 Å². The fourth-order valence-electron chi connectivity index (χ4n) is 4.44. The molecule has 2 aliphatic rings. The van der Waals surface area contributed by atoms with Gasteiger partial charge in [-0.2, -0.15) is 0 Å². The van der Waals surface area contributed by atoms with Gasteiger partial charge in [0.25, 0.3) is 5.91 Å².